The van der Waals surface area contributed by atoms with Crippen LogP contribution in [0, 0.1) is 0 Å². The maximum atomic E-state index is 12.7. The third kappa shape index (κ3) is 2.66. The summed E-state index contributed by atoms with van der Waals surface area (Å²) < 4.78 is 0. The second kappa shape index (κ2) is 6.52. The molecule has 2 aliphatic rings. The molecular weight excluding hydrogens is 328 g/mol. The number of nitrogens with zero attached hydrogens (tertiary/aromatic N) is 3. The summed E-state index contributed by atoms with van der Waals surface area (Å²) in [5.74, 6) is -0.0116. The molecule has 1 N–H and O–H groups in total. The highest BCUT2D eigenvalue weighted by atomic mass is 16.2. The van der Waals surface area contributed by atoms with Crippen LogP contribution in [-0.2, 0) is 10.2 Å². The molecule has 1 atom stereocenters. The van der Waals surface area contributed by atoms with Crippen molar-refractivity contribution in [1.82, 2.24) is 20.4 Å². The number of aromatic nitrogens is 2. The molecule has 2 heterocycles. The van der Waals surface area contributed by atoms with Crippen molar-refractivity contribution in [2.24, 2.45) is 0 Å². The fourth-order valence-corrected chi connectivity index (χ4v) is 4.51. The minimum absolute atomic E-state index is 0.00360. The van der Waals surface area contributed by atoms with Gasteiger partial charge in [-0.1, -0.05) is 24.3 Å². The number of carbonyl (C=O) groups is 2. The average Bonchev–Trinajstić information content (AvgIpc) is 3.02. The normalized spacial score (nSPS) is 20.7. The van der Waals surface area contributed by atoms with E-state index in [1.807, 2.05) is 17.0 Å². The Labute approximate surface area is 152 Å². The molecule has 4 rings (SSSR count). The van der Waals surface area contributed by atoms with E-state index in [-0.39, 0.29) is 23.1 Å². The van der Waals surface area contributed by atoms with Gasteiger partial charge < -0.3 is 10.2 Å². The van der Waals surface area contributed by atoms with E-state index in [2.05, 4.69) is 27.6 Å². The second-order valence-electron chi connectivity index (χ2n) is 7.16. The molecule has 0 unspecified atom stereocenters. The summed E-state index contributed by atoms with van der Waals surface area (Å²) in [7, 11) is 1.69. The van der Waals surface area contributed by atoms with Crippen molar-refractivity contribution in [3.8, 4) is 0 Å². The highest BCUT2D eigenvalue weighted by molar-refractivity contribution is 5.94. The van der Waals surface area contributed by atoms with Gasteiger partial charge in [-0.3, -0.25) is 9.59 Å². The van der Waals surface area contributed by atoms with Crippen LogP contribution >= 0.6 is 0 Å². The molecule has 0 saturated carbocycles. The van der Waals surface area contributed by atoms with Crippen molar-refractivity contribution in [1.29, 1.82) is 0 Å². The van der Waals surface area contributed by atoms with Gasteiger partial charge in [-0.15, -0.1) is 0 Å². The summed E-state index contributed by atoms with van der Waals surface area (Å²) in [6.07, 6.45) is 5.63. The number of amides is 2. The lowest BCUT2D eigenvalue weighted by atomic mass is 9.73. The number of likely N-dealkylation sites (N-methyl/N-ethyl adjacent to an activating group) is 1. The number of fused-ring (bicyclic) bond motifs is 2. The van der Waals surface area contributed by atoms with Crippen LogP contribution in [0.5, 0.6) is 0 Å². The van der Waals surface area contributed by atoms with Crippen LogP contribution in [0.2, 0.25) is 0 Å². The minimum atomic E-state index is -0.0946. The Hall–Kier alpha value is -2.76. The van der Waals surface area contributed by atoms with Crippen molar-refractivity contribution in [3.63, 3.8) is 0 Å². The van der Waals surface area contributed by atoms with Crippen LogP contribution in [0.3, 0.4) is 0 Å². The zero-order valence-corrected chi connectivity index (χ0v) is 14.8. The molecule has 1 spiro atoms. The molecule has 0 radical (unpaired) electrons. The Balaban J connectivity index is 1.55. The second-order valence-corrected chi connectivity index (χ2v) is 7.16. The standard InChI is InChI=1S/C20H22N4O2/c1-21-18(25)16-12-20(17-5-3-2-4-15(16)17)7-10-24(11-8-20)19(26)14-6-9-22-23-13-14/h2-6,9,13,16H,7-8,10-12H2,1H3,(H,21,25)/t16-/m0/s1. The van der Waals surface area contributed by atoms with Gasteiger partial charge in [0.15, 0.2) is 0 Å². The monoisotopic (exact) mass is 350 g/mol. The van der Waals surface area contributed by atoms with E-state index in [9.17, 15) is 9.59 Å². The summed E-state index contributed by atoms with van der Waals surface area (Å²) in [6, 6.07) is 9.98. The first kappa shape index (κ1) is 16.7. The molecular formula is C20H22N4O2. The van der Waals surface area contributed by atoms with E-state index < -0.39 is 0 Å². The lowest BCUT2D eigenvalue weighted by Crippen LogP contribution is -2.44. The fraction of sp³-hybridized carbons (Fsp3) is 0.400. The van der Waals surface area contributed by atoms with E-state index in [1.54, 1.807) is 19.3 Å². The number of hydrogen-bond acceptors (Lipinski definition) is 4. The number of benzene rings is 1. The molecule has 6 nitrogen and oxygen atoms in total. The first-order valence-corrected chi connectivity index (χ1v) is 9.02. The first-order chi connectivity index (χ1) is 12.6. The van der Waals surface area contributed by atoms with E-state index >= 15 is 0 Å². The molecule has 2 aromatic rings. The number of carbonyl (C=O) groups excluding carboxylic acids is 2. The van der Waals surface area contributed by atoms with Gasteiger partial charge in [-0.25, -0.2) is 0 Å². The number of rotatable bonds is 2. The molecule has 26 heavy (non-hydrogen) atoms. The Kier molecular flexibility index (Phi) is 4.18. The van der Waals surface area contributed by atoms with Crippen LogP contribution in [0.1, 0.15) is 46.7 Å². The quantitative estimate of drug-likeness (QED) is 0.897. The van der Waals surface area contributed by atoms with Crippen molar-refractivity contribution in [2.45, 2.75) is 30.6 Å². The maximum absolute atomic E-state index is 12.7. The third-order valence-electron chi connectivity index (χ3n) is 5.90. The summed E-state index contributed by atoms with van der Waals surface area (Å²) >= 11 is 0. The zero-order valence-electron chi connectivity index (χ0n) is 14.8. The van der Waals surface area contributed by atoms with Crippen molar-refractivity contribution >= 4 is 11.8 Å². The minimum Gasteiger partial charge on any atom is -0.359 e. The summed E-state index contributed by atoms with van der Waals surface area (Å²) in [4.78, 5) is 26.9. The topological polar surface area (TPSA) is 75.2 Å². The lowest BCUT2D eigenvalue weighted by molar-refractivity contribution is -0.122. The first-order valence-electron chi connectivity index (χ1n) is 9.02. The van der Waals surface area contributed by atoms with Gasteiger partial charge >= 0.3 is 0 Å². The maximum Gasteiger partial charge on any atom is 0.255 e. The fourth-order valence-electron chi connectivity index (χ4n) is 4.51. The summed E-state index contributed by atoms with van der Waals surface area (Å²) in [5.41, 5.74) is 2.99. The Morgan fingerprint density at radius 1 is 1.15 bits per heavy atom. The van der Waals surface area contributed by atoms with Crippen LogP contribution in [0.15, 0.2) is 42.7 Å². The Morgan fingerprint density at radius 2 is 1.92 bits per heavy atom. The highest BCUT2D eigenvalue weighted by Crippen LogP contribution is 2.51. The van der Waals surface area contributed by atoms with Crippen LogP contribution in [0.25, 0.3) is 0 Å². The van der Waals surface area contributed by atoms with Gasteiger partial charge in [-0.2, -0.15) is 10.2 Å². The molecule has 1 aliphatic carbocycles. The highest BCUT2D eigenvalue weighted by Gasteiger charge is 2.47. The zero-order chi connectivity index (χ0) is 18.1. The predicted octanol–water partition coefficient (Wildman–Crippen LogP) is 1.88. The van der Waals surface area contributed by atoms with Gasteiger partial charge in [0.1, 0.15) is 0 Å². The summed E-state index contributed by atoms with van der Waals surface area (Å²) in [5, 5.41) is 10.3. The Bertz CT molecular complexity index is 829. The van der Waals surface area contributed by atoms with Gasteiger partial charge in [0.2, 0.25) is 5.91 Å². The molecule has 6 heteroatoms. The van der Waals surface area contributed by atoms with Crippen LogP contribution in [0.4, 0.5) is 0 Å². The smallest absolute Gasteiger partial charge is 0.255 e. The molecule has 1 aromatic carbocycles. The molecule has 1 saturated heterocycles. The number of piperidine rings is 1. The van der Waals surface area contributed by atoms with Gasteiger partial charge in [0, 0.05) is 25.6 Å². The summed E-state index contributed by atoms with van der Waals surface area (Å²) in [6.45, 7) is 1.38. The number of nitrogens with one attached hydrogen (secondary N) is 1. The molecule has 1 fully saturated rings. The molecule has 1 aliphatic heterocycles. The number of likely N-dealkylation sites (tertiary alicyclic amines) is 1. The average molecular weight is 350 g/mol. The Morgan fingerprint density at radius 3 is 2.62 bits per heavy atom. The van der Waals surface area contributed by atoms with E-state index in [0.29, 0.717) is 18.7 Å². The van der Waals surface area contributed by atoms with Crippen molar-refractivity contribution < 1.29 is 9.59 Å². The van der Waals surface area contributed by atoms with Crippen LogP contribution in [-0.4, -0.2) is 47.0 Å². The predicted molar refractivity (Wildman–Crippen MR) is 96.7 cm³/mol. The van der Waals surface area contributed by atoms with Gasteiger partial charge in [0.25, 0.3) is 5.91 Å². The van der Waals surface area contributed by atoms with Gasteiger partial charge in [0.05, 0.1) is 23.9 Å². The lowest BCUT2D eigenvalue weighted by Gasteiger charge is -2.40. The van der Waals surface area contributed by atoms with E-state index in [4.69, 9.17) is 0 Å². The molecule has 1 aromatic heterocycles. The SMILES string of the molecule is CNC(=O)[C@H]1CC2(CCN(C(=O)c3ccnnc3)CC2)c2ccccc21. The molecule has 0 bridgehead atoms. The largest absolute Gasteiger partial charge is 0.359 e. The van der Waals surface area contributed by atoms with E-state index in [0.717, 1.165) is 24.8 Å². The third-order valence-corrected chi connectivity index (χ3v) is 5.90. The van der Waals surface area contributed by atoms with Crippen LogP contribution < -0.4 is 5.32 Å². The number of hydrogen-bond donors (Lipinski definition) is 1. The molecule has 2 amide bonds. The van der Waals surface area contributed by atoms with E-state index in [1.165, 1.54) is 11.8 Å². The van der Waals surface area contributed by atoms with Crippen molar-refractivity contribution in [3.05, 3.63) is 59.4 Å². The van der Waals surface area contributed by atoms with Crippen molar-refractivity contribution in [2.75, 3.05) is 20.1 Å². The van der Waals surface area contributed by atoms with Gasteiger partial charge in [-0.05, 0) is 36.5 Å². The molecule has 134 valence electrons.